The molecule has 1 amide bonds. The van der Waals surface area contributed by atoms with E-state index in [1.54, 1.807) is 0 Å². The molecule has 0 radical (unpaired) electrons. The van der Waals surface area contributed by atoms with E-state index in [1.807, 2.05) is 91.0 Å². The number of carbonyl (C=O) groups is 1. The highest BCUT2D eigenvalue weighted by Gasteiger charge is 2.52. The number of aliphatic imine (C=N–C) groups is 1. The van der Waals surface area contributed by atoms with Crippen LogP contribution in [0.25, 0.3) is 6.08 Å². The third kappa shape index (κ3) is 8.53. The topological polar surface area (TPSA) is 92.2 Å². The molecule has 3 N–H and O–H groups in total. The van der Waals surface area contributed by atoms with Crippen LogP contribution in [0.5, 0.6) is 5.75 Å². The number of amides is 1. The standard InChI is InChI=1S/C34H40BrN3O4/c1-33(2,3)21-22-36-38-32(40)34(20-7-11-25-9-5-4-6-10-25)30(26-12-16-28(35)17-13-26)42-31(37-34)27-14-18-29(19-15-27)41-24-8-23-39/h4-7,9-19,30,36,39H,8,20-24H2,1-3H3,(H,38,40)/b11-7+/t30-,34-/m0/s1. The monoisotopic (exact) mass is 633 g/mol. The molecule has 4 rings (SSSR count). The molecule has 0 bridgehead atoms. The van der Waals surface area contributed by atoms with Crippen molar-refractivity contribution in [3.63, 3.8) is 0 Å². The van der Waals surface area contributed by atoms with E-state index in [-0.39, 0.29) is 17.9 Å². The fourth-order valence-corrected chi connectivity index (χ4v) is 4.84. The summed E-state index contributed by atoms with van der Waals surface area (Å²) in [5.74, 6) is 0.817. The summed E-state index contributed by atoms with van der Waals surface area (Å²) in [5, 5.41) is 9.03. The van der Waals surface area contributed by atoms with Gasteiger partial charge in [-0.3, -0.25) is 10.2 Å². The van der Waals surface area contributed by atoms with E-state index in [0.29, 0.717) is 37.6 Å². The van der Waals surface area contributed by atoms with E-state index in [2.05, 4.69) is 47.6 Å². The van der Waals surface area contributed by atoms with Crippen molar-refractivity contribution in [3.05, 3.63) is 106 Å². The zero-order valence-corrected chi connectivity index (χ0v) is 26.1. The average molecular weight is 635 g/mol. The molecule has 2 atom stereocenters. The molecule has 0 spiro atoms. The minimum absolute atomic E-state index is 0.0775. The van der Waals surface area contributed by atoms with Crippen LogP contribution in [0.2, 0.25) is 0 Å². The van der Waals surface area contributed by atoms with Gasteiger partial charge in [0.15, 0.2) is 11.6 Å². The largest absolute Gasteiger partial charge is 0.494 e. The van der Waals surface area contributed by atoms with Crippen molar-refractivity contribution in [2.24, 2.45) is 10.4 Å². The molecule has 222 valence electrons. The summed E-state index contributed by atoms with van der Waals surface area (Å²) in [6.45, 7) is 7.64. The van der Waals surface area contributed by atoms with Crippen LogP contribution < -0.4 is 15.6 Å². The zero-order valence-electron chi connectivity index (χ0n) is 24.5. The SMILES string of the molecule is CC(C)(C)CCNNC(=O)[C@@]1(C/C=C/c2ccccc2)N=C(c2ccc(OCCCO)cc2)O[C@H]1c1ccc(Br)cc1. The van der Waals surface area contributed by atoms with Crippen molar-refractivity contribution in [2.75, 3.05) is 19.8 Å². The van der Waals surface area contributed by atoms with Crippen molar-refractivity contribution in [2.45, 2.75) is 51.7 Å². The summed E-state index contributed by atoms with van der Waals surface area (Å²) in [7, 11) is 0. The lowest BCUT2D eigenvalue weighted by Crippen LogP contribution is -2.52. The first-order valence-electron chi connectivity index (χ1n) is 14.3. The quantitative estimate of drug-likeness (QED) is 0.145. The van der Waals surface area contributed by atoms with E-state index in [9.17, 15) is 4.79 Å². The molecule has 0 aromatic heterocycles. The molecule has 1 aliphatic heterocycles. The van der Waals surface area contributed by atoms with Crippen LogP contribution in [0.3, 0.4) is 0 Å². The summed E-state index contributed by atoms with van der Waals surface area (Å²) in [4.78, 5) is 19.2. The number of nitrogens with one attached hydrogen (secondary N) is 2. The molecule has 0 saturated heterocycles. The highest BCUT2D eigenvalue weighted by Crippen LogP contribution is 2.43. The maximum absolute atomic E-state index is 14.1. The highest BCUT2D eigenvalue weighted by atomic mass is 79.9. The zero-order chi connectivity index (χ0) is 30.0. The van der Waals surface area contributed by atoms with E-state index in [4.69, 9.17) is 19.6 Å². The second-order valence-electron chi connectivity index (χ2n) is 11.5. The molecule has 0 unspecified atom stereocenters. The molecule has 7 nitrogen and oxygen atoms in total. The minimum Gasteiger partial charge on any atom is -0.494 e. The molecule has 1 aliphatic rings. The van der Waals surface area contributed by atoms with Gasteiger partial charge < -0.3 is 14.6 Å². The Bertz CT molecular complexity index is 1350. The molecule has 0 aliphatic carbocycles. The van der Waals surface area contributed by atoms with Crippen molar-refractivity contribution < 1.29 is 19.4 Å². The number of carbonyl (C=O) groups excluding carboxylic acids is 1. The van der Waals surface area contributed by atoms with E-state index in [1.165, 1.54) is 0 Å². The first kappa shape index (κ1) is 31.5. The Labute approximate surface area is 257 Å². The first-order valence-corrected chi connectivity index (χ1v) is 15.1. The van der Waals surface area contributed by atoms with E-state index in [0.717, 1.165) is 27.6 Å². The van der Waals surface area contributed by atoms with Crippen LogP contribution in [0.15, 0.2) is 94.4 Å². The van der Waals surface area contributed by atoms with Crippen LogP contribution in [-0.4, -0.2) is 42.2 Å². The number of nitrogens with zero attached hydrogens (tertiary/aromatic N) is 1. The maximum atomic E-state index is 14.1. The van der Waals surface area contributed by atoms with Gasteiger partial charge in [-0.25, -0.2) is 10.4 Å². The third-order valence-electron chi connectivity index (χ3n) is 6.94. The lowest BCUT2D eigenvalue weighted by Gasteiger charge is -2.30. The predicted molar refractivity (Wildman–Crippen MR) is 171 cm³/mol. The fraction of sp³-hybridized carbons (Fsp3) is 0.353. The van der Waals surface area contributed by atoms with Gasteiger partial charge in [0.1, 0.15) is 5.75 Å². The van der Waals surface area contributed by atoms with Gasteiger partial charge in [-0.2, -0.15) is 0 Å². The van der Waals surface area contributed by atoms with Gasteiger partial charge >= 0.3 is 0 Å². The van der Waals surface area contributed by atoms with Gasteiger partial charge in [0, 0.05) is 36.0 Å². The maximum Gasteiger partial charge on any atom is 0.266 e. The van der Waals surface area contributed by atoms with Gasteiger partial charge in [0.05, 0.1) is 6.61 Å². The van der Waals surface area contributed by atoms with Gasteiger partial charge in [-0.05, 0) is 59.4 Å². The number of hydrazine groups is 1. The number of hydrogen-bond acceptors (Lipinski definition) is 6. The molecule has 0 fully saturated rings. The highest BCUT2D eigenvalue weighted by molar-refractivity contribution is 9.10. The second-order valence-corrected chi connectivity index (χ2v) is 12.5. The Hall–Kier alpha value is -3.46. The van der Waals surface area contributed by atoms with E-state index >= 15 is 0 Å². The fourth-order valence-electron chi connectivity index (χ4n) is 4.58. The summed E-state index contributed by atoms with van der Waals surface area (Å²) in [6.07, 6.45) is 5.11. The van der Waals surface area contributed by atoms with Crippen LogP contribution in [-0.2, 0) is 9.53 Å². The van der Waals surface area contributed by atoms with Gasteiger partial charge in [-0.1, -0.05) is 91.3 Å². The summed E-state index contributed by atoms with van der Waals surface area (Å²) < 4.78 is 13.2. The number of aliphatic hydroxyl groups excluding tert-OH is 1. The predicted octanol–water partition coefficient (Wildman–Crippen LogP) is 6.63. The number of aliphatic hydroxyl groups is 1. The van der Waals surface area contributed by atoms with Crippen LogP contribution in [0.4, 0.5) is 0 Å². The number of hydrogen-bond donors (Lipinski definition) is 3. The smallest absolute Gasteiger partial charge is 0.266 e. The molecule has 42 heavy (non-hydrogen) atoms. The lowest BCUT2D eigenvalue weighted by atomic mass is 9.84. The first-order chi connectivity index (χ1) is 20.2. The van der Waals surface area contributed by atoms with E-state index < -0.39 is 11.6 Å². The normalized spacial score (nSPS) is 18.5. The molecule has 3 aromatic carbocycles. The van der Waals surface area contributed by atoms with Crippen molar-refractivity contribution >= 4 is 33.8 Å². The minimum atomic E-state index is -1.26. The van der Waals surface area contributed by atoms with Crippen molar-refractivity contribution in [1.82, 2.24) is 10.9 Å². The molecular weight excluding hydrogens is 594 g/mol. The third-order valence-corrected chi connectivity index (χ3v) is 7.47. The summed E-state index contributed by atoms with van der Waals surface area (Å²) in [6, 6.07) is 25.2. The molecule has 3 aromatic rings. The Kier molecular flexibility index (Phi) is 11.0. The molecule has 0 saturated carbocycles. The molecule has 1 heterocycles. The summed E-state index contributed by atoms with van der Waals surface area (Å²) in [5.41, 5.74) is 7.57. The average Bonchev–Trinajstić information content (AvgIpc) is 3.37. The van der Waals surface area contributed by atoms with Crippen LogP contribution >= 0.6 is 15.9 Å². The van der Waals surface area contributed by atoms with Crippen molar-refractivity contribution in [1.29, 1.82) is 0 Å². The Morgan fingerprint density at radius 1 is 1.07 bits per heavy atom. The molecule has 8 heteroatoms. The van der Waals surface area contributed by atoms with Gasteiger partial charge in [0.2, 0.25) is 5.90 Å². The molecular formula is C34H40BrN3O4. The Morgan fingerprint density at radius 3 is 2.45 bits per heavy atom. The van der Waals surface area contributed by atoms with Gasteiger partial charge in [0.25, 0.3) is 5.91 Å². The Balaban J connectivity index is 1.69. The lowest BCUT2D eigenvalue weighted by molar-refractivity contribution is -0.129. The number of benzene rings is 3. The Morgan fingerprint density at radius 2 is 1.79 bits per heavy atom. The second kappa shape index (κ2) is 14.6. The van der Waals surface area contributed by atoms with Crippen molar-refractivity contribution in [3.8, 4) is 5.75 Å². The number of rotatable bonds is 13. The van der Waals surface area contributed by atoms with Crippen LogP contribution in [0, 0.1) is 5.41 Å². The van der Waals surface area contributed by atoms with Crippen LogP contribution in [0.1, 0.15) is 62.8 Å². The number of halogens is 1. The van der Waals surface area contributed by atoms with Gasteiger partial charge in [-0.15, -0.1) is 0 Å². The summed E-state index contributed by atoms with van der Waals surface area (Å²) >= 11 is 3.52. The number of ether oxygens (including phenoxy) is 2.